The molecule has 0 aliphatic rings. The maximum absolute atomic E-state index is 12.6. The van der Waals surface area contributed by atoms with Gasteiger partial charge in [0, 0.05) is 15.6 Å². The summed E-state index contributed by atoms with van der Waals surface area (Å²) in [4.78, 5) is 21.8. The van der Waals surface area contributed by atoms with Gasteiger partial charge in [0.2, 0.25) is 11.6 Å². The second kappa shape index (κ2) is 4.88. The highest BCUT2D eigenvalue weighted by Crippen LogP contribution is 3.02. The molecule has 0 saturated carbocycles. The van der Waals surface area contributed by atoms with Crippen LogP contribution < -0.4 is 0 Å². The molecule has 9 heteroatoms. The standard InChI is InChI=1S/C14H8BrF5O2S/c15-11-3-1-2-10(8-11)14(22)13(21)9-4-6-12(7-5-9)23(16,17,18,19)20/h1-8H. The molecule has 0 aliphatic heterocycles. The Morgan fingerprint density at radius 1 is 0.783 bits per heavy atom. The van der Waals surface area contributed by atoms with Gasteiger partial charge in [0.25, 0.3) is 0 Å². The maximum Gasteiger partial charge on any atom is 0.310 e. The fourth-order valence-corrected chi connectivity index (χ4v) is 2.81. The van der Waals surface area contributed by atoms with Crippen molar-refractivity contribution in [2.24, 2.45) is 0 Å². The van der Waals surface area contributed by atoms with E-state index in [0.717, 1.165) is 0 Å². The molecule has 0 aliphatic carbocycles. The van der Waals surface area contributed by atoms with Crippen LogP contribution in [0.1, 0.15) is 20.7 Å². The highest BCUT2D eigenvalue weighted by molar-refractivity contribution is 9.10. The molecule has 124 valence electrons. The van der Waals surface area contributed by atoms with Gasteiger partial charge in [0.1, 0.15) is 4.90 Å². The lowest BCUT2D eigenvalue weighted by Crippen LogP contribution is -2.15. The highest BCUT2D eigenvalue weighted by atomic mass is 79.9. The number of ketones is 2. The lowest BCUT2D eigenvalue weighted by molar-refractivity contribution is 0.0817. The molecule has 2 rings (SSSR count). The van der Waals surface area contributed by atoms with Gasteiger partial charge >= 0.3 is 10.2 Å². The molecule has 0 atom stereocenters. The molecule has 2 aromatic rings. The summed E-state index contributed by atoms with van der Waals surface area (Å²) < 4.78 is 63.5. The topological polar surface area (TPSA) is 34.1 Å². The van der Waals surface area contributed by atoms with E-state index < -0.39 is 32.2 Å². The molecule has 23 heavy (non-hydrogen) atoms. The van der Waals surface area contributed by atoms with Crippen molar-refractivity contribution in [3.05, 3.63) is 64.1 Å². The van der Waals surface area contributed by atoms with Gasteiger partial charge < -0.3 is 0 Å². The first-order valence-electron chi connectivity index (χ1n) is 5.97. The van der Waals surface area contributed by atoms with Crippen molar-refractivity contribution in [2.45, 2.75) is 4.90 Å². The quantitative estimate of drug-likeness (QED) is 0.340. The maximum atomic E-state index is 12.6. The molecule has 0 fully saturated rings. The third kappa shape index (κ3) is 4.17. The first-order valence-corrected chi connectivity index (χ1v) is 8.71. The predicted molar refractivity (Wildman–Crippen MR) is 80.6 cm³/mol. The van der Waals surface area contributed by atoms with Crippen molar-refractivity contribution in [3.8, 4) is 0 Å². The fraction of sp³-hybridized carbons (Fsp3) is 0. The van der Waals surface area contributed by atoms with Crippen molar-refractivity contribution < 1.29 is 29.0 Å². The van der Waals surface area contributed by atoms with Crippen molar-refractivity contribution in [2.75, 3.05) is 0 Å². The van der Waals surface area contributed by atoms with Crippen molar-refractivity contribution in [1.29, 1.82) is 0 Å². The molecule has 2 nitrogen and oxygen atoms in total. The Hall–Kier alpha value is -1.74. The number of hydrogen-bond donors (Lipinski definition) is 0. The third-order valence-corrected chi connectivity index (χ3v) is 4.51. The van der Waals surface area contributed by atoms with Crippen molar-refractivity contribution in [3.63, 3.8) is 0 Å². The highest BCUT2D eigenvalue weighted by Gasteiger charge is 2.65. The van der Waals surface area contributed by atoms with Crippen LogP contribution in [0.2, 0.25) is 0 Å². The van der Waals surface area contributed by atoms with Gasteiger partial charge in [-0.15, -0.1) is 0 Å². The van der Waals surface area contributed by atoms with E-state index in [1.54, 1.807) is 6.07 Å². The number of hydrogen-bond acceptors (Lipinski definition) is 2. The molecule has 0 amide bonds. The van der Waals surface area contributed by atoms with Gasteiger partial charge in [0.15, 0.2) is 0 Å². The van der Waals surface area contributed by atoms with E-state index in [4.69, 9.17) is 0 Å². The van der Waals surface area contributed by atoms with Crippen LogP contribution in [0.15, 0.2) is 57.9 Å². The smallest absolute Gasteiger partial charge is 0.285 e. The minimum Gasteiger partial charge on any atom is -0.285 e. The molecular weight excluding hydrogens is 407 g/mol. The number of rotatable bonds is 4. The zero-order chi connectivity index (χ0) is 17.5. The zero-order valence-corrected chi connectivity index (χ0v) is 13.5. The largest absolute Gasteiger partial charge is 0.310 e. The predicted octanol–water partition coefficient (Wildman–Crippen LogP) is 6.17. The van der Waals surface area contributed by atoms with Crippen molar-refractivity contribution >= 4 is 37.7 Å². The summed E-state index contributed by atoms with van der Waals surface area (Å²) in [6.45, 7) is 0. The zero-order valence-electron chi connectivity index (χ0n) is 11.1. The first-order chi connectivity index (χ1) is 10.3. The molecule has 0 bridgehead atoms. The molecule has 0 saturated heterocycles. The van der Waals surface area contributed by atoms with Gasteiger partial charge in [-0.25, -0.2) is 0 Å². The van der Waals surface area contributed by atoms with Gasteiger partial charge in [-0.2, -0.15) is 0 Å². The Morgan fingerprint density at radius 3 is 1.78 bits per heavy atom. The summed E-state index contributed by atoms with van der Waals surface area (Å²) in [5.41, 5.74) is -0.373. The van der Waals surface area contributed by atoms with Gasteiger partial charge in [-0.3, -0.25) is 9.59 Å². The van der Waals surface area contributed by atoms with Crippen molar-refractivity contribution in [1.82, 2.24) is 0 Å². The van der Waals surface area contributed by atoms with Crippen LogP contribution in [0.5, 0.6) is 0 Å². The summed E-state index contributed by atoms with van der Waals surface area (Å²) in [6, 6.07) is 7.16. The van der Waals surface area contributed by atoms with Crippen LogP contribution in [-0.4, -0.2) is 11.6 Å². The van der Waals surface area contributed by atoms with Crippen LogP contribution in [0.4, 0.5) is 19.4 Å². The molecule has 0 unspecified atom stereocenters. The average molecular weight is 415 g/mol. The molecule has 0 N–H and O–H groups in total. The van der Waals surface area contributed by atoms with Crippen LogP contribution in [-0.2, 0) is 0 Å². The summed E-state index contributed by atoms with van der Waals surface area (Å²) in [5, 5.41) is 0. The van der Waals surface area contributed by atoms with Crippen LogP contribution >= 0.6 is 26.2 Å². The first kappa shape index (κ1) is 17.6. The van der Waals surface area contributed by atoms with Gasteiger partial charge in [-0.05, 0) is 36.4 Å². The van der Waals surface area contributed by atoms with Crippen LogP contribution in [0.3, 0.4) is 0 Å². The Bertz CT molecular complexity index is 800. The van der Waals surface area contributed by atoms with Gasteiger partial charge in [-0.1, -0.05) is 47.5 Å². The number of benzene rings is 2. The number of halogens is 6. The van der Waals surface area contributed by atoms with E-state index in [9.17, 15) is 29.0 Å². The Kier molecular flexibility index (Phi) is 3.73. The Balaban J connectivity index is 2.34. The van der Waals surface area contributed by atoms with E-state index >= 15 is 0 Å². The molecule has 0 heterocycles. The van der Waals surface area contributed by atoms with E-state index in [1.807, 2.05) is 0 Å². The molecule has 0 spiro atoms. The molecular formula is C14H8BrF5O2S. The summed E-state index contributed by atoms with van der Waals surface area (Å²) in [5.74, 6) is -2.04. The van der Waals surface area contributed by atoms with Crippen LogP contribution in [0, 0.1) is 0 Å². The molecule has 2 aromatic carbocycles. The summed E-state index contributed by atoms with van der Waals surface area (Å²) >= 11 is 3.11. The van der Waals surface area contributed by atoms with E-state index in [2.05, 4.69) is 15.9 Å². The number of carbonyl (C=O) groups is 2. The Labute approximate surface area is 136 Å². The minimum atomic E-state index is -9.80. The second-order valence-electron chi connectivity index (χ2n) is 4.66. The lowest BCUT2D eigenvalue weighted by atomic mass is 10.0. The summed E-state index contributed by atoms with van der Waals surface area (Å²) in [6.07, 6.45) is 0. The monoisotopic (exact) mass is 414 g/mol. The minimum absolute atomic E-state index is 0.0289. The fourth-order valence-electron chi connectivity index (χ4n) is 1.76. The van der Waals surface area contributed by atoms with Gasteiger partial charge in [0.05, 0.1) is 0 Å². The van der Waals surface area contributed by atoms with E-state index in [1.165, 1.54) is 18.2 Å². The lowest BCUT2D eigenvalue weighted by Gasteiger charge is -2.40. The van der Waals surface area contributed by atoms with Crippen LogP contribution in [0.25, 0.3) is 0 Å². The Morgan fingerprint density at radius 2 is 1.30 bits per heavy atom. The van der Waals surface area contributed by atoms with E-state index in [-0.39, 0.29) is 17.7 Å². The number of carbonyl (C=O) groups excluding carboxylic acids is 2. The average Bonchev–Trinajstić information content (AvgIpc) is 2.43. The molecule has 0 radical (unpaired) electrons. The third-order valence-electron chi connectivity index (χ3n) is 2.85. The molecule has 0 aromatic heterocycles. The second-order valence-corrected chi connectivity index (χ2v) is 7.99. The normalized spacial score (nSPS) is 14.7. The number of Topliss-reactive ketones (excluding diaryl/α,β-unsaturated/α-hetero) is 2. The summed E-state index contributed by atoms with van der Waals surface area (Å²) in [7, 11) is -9.80. The van der Waals surface area contributed by atoms with E-state index in [0.29, 0.717) is 16.6 Å². The SMILES string of the molecule is O=C(C(=O)c1cccc(Br)c1)c1ccc(S(F)(F)(F)(F)F)cc1.